The van der Waals surface area contributed by atoms with Crippen LogP contribution < -0.4 is 10.1 Å². The van der Waals surface area contributed by atoms with Crippen molar-refractivity contribution in [2.75, 3.05) is 13.7 Å². The van der Waals surface area contributed by atoms with Gasteiger partial charge in [-0.25, -0.2) is 0 Å². The highest BCUT2D eigenvalue weighted by Crippen LogP contribution is 2.26. The lowest BCUT2D eigenvalue weighted by Crippen LogP contribution is -2.25. The maximum absolute atomic E-state index is 10.4. The van der Waals surface area contributed by atoms with Gasteiger partial charge in [-0.3, -0.25) is 4.98 Å². The number of hydrogen-bond donors (Lipinski definition) is 2. The number of aryl methyl sites for hydroxylation is 1. The fourth-order valence-electron chi connectivity index (χ4n) is 2.26. The SMILES string of the molecule is COc1ccc(C)cc1C(O)CN[C@@H](C)c1cccnc1. The van der Waals surface area contributed by atoms with E-state index in [0.717, 1.165) is 16.7 Å². The Morgan fingerprint density at radius 3 is 2.81 bits per heavy atom. The molecule has 1 aromatic carbocycles. The lowest BCUT2D eigenvalue weighted by atomic mass is 10.0. The number of aliphatic hydroxyl groups is 1. The van der Waals surface area contributed by atoms with Crippen molar-refractivity contribution in [2.24, 2.45) is 0 Å². The first-order valence-electron chi connectivity index (χ1n) is 7.07. The first-order valence-corrected chi connectivity index (χ1v) is 7.07. The Hall–Kier alpha value is -1.91. The van der Waals surface area contributed by atoms with Gasteiger partial charge >= 0.3 is 0 Å². The van der Waals surface area contributed by atoms with E-state index < -0.39 is 6.10 Å². The van der Waals surface area contributed by atoms with Gasteiger partial charge in [0.05, 0.1) is 13.2 Å². The minimum absolute atomic E-state index is 0.129. The molecule has 2 atom stereocenters. The Morgan fingerprint density at radius 2 is 2.14 bits per heavy atom. The molecule has 0 radical (unpaired) electrons. The lowest BCUT2D eigenvalue weighted by molar-refractivity contribution is 0.166. The standard InChI is InChI=1S/C17H22N2O2/c1-12-6-7-17(21-3)15(9-12)16(20)11-19-13(2)14-5-4-8-18-10-14/h4-10,13,16,19-20H,11H2,1-3H3/t13-,16?/m0/s1. The molecule has 2 rings (SSSR count). The van der Waals surface area contributed by atoms with Gasteiger partial charge in [-0.2, -0.15) is 0 Å². The topological polar surface area (TPSA) is 54.4 Å². The highest BCUT2D eigenvalue weighted by atomic mass is 16.5. The highest BCUT2D eigenvalue weighted by Gasteiger charge is 2.15. The second-order valence-corrected chi connectivity index (χ2v) is 5.18. The molecule has 0 aliphatic rings. The normalized spacial score (nSPS) is 13.7. The van der Waals surface area contributed by atoms with E-state index in [2.05, 4.69) is 17.2 Å². The summed E-state index contributed by atoms with van der Waals surface area (Å²) in [6.07, 6.45) is 2.97. The van der Waals surface area contributed by atoms with Gasteiger partial charge in [0.1, 0.15) is 5.75 Å². The number of methoxy groups -OCH3 is 1. The molecule has 0 aliphatic carbocycles. The Balaban J connectivity index is 2.02. The number of aromatic nitrogens is 1. The zero-order chi connectivity index (χ0) is 15.2. The van der Waals surface area contributed by atoms with Crippen molar-refractivity contribution in [3.63, 3.8) is 0 Å². The van der Waals surface area contributed by atoms with Gasteiger partial charge in [-0.15, -0.1) is 0 Å². The van der Waals surface area contributed by atoms with Crippen LogP contribution in [0.5, 0.6) is 5.75 Å². The van der Waals surface area contributed by atoms with Crippen LogP contribution in [0.25, 0.3) is 0 Å². The molecular weight excluding hydrogens is 264 g/mol. The molecule has 2 N–H and O–H groups in total. The van der Waals surface area contributed by atoms with Crippen LogP contribution in [0.1, 0.15) is 35.8 Å². The number of pyridine rings is 1. The molecule has 1 aromatic heterocycles. The summed E-state index contributed by atoms with van der Waals surface area (Å²) < 4.78 is 5.32. The molecule has 1 unspecified atom stereocenters. The molecular formula is C17H22N2O2. The molecule has 21 heavy (non-hydrogen) atoms. The number of benzene rings is 1. The Bertz CT molecular complexity index is 572. The Kier molecular flexibility index (Phi) is 5.31. The van der Waals surface area contributed by atoms with E-state index in [1.165, 1.54) is 0 Å². The van der Waals surface area contributed by atoms with Crippen molar-refractivity contribution in [1.82, 2.24) is 10.3 Å². The van der Waals surface area contributed by atoms with Crippen LogP contribution in [0.2, 0.25) is 0 Å². The lowest BCUT2D eigenvalue weighted by Gasteiger charge is -2.19. The summed E-state index contributed by atoms with van der Waals surface area (Å²) in [5.41, 5.74) is 3.01. The fraction of sp³-hybridized carbons (Fsp3) is 0.353. The molecule has 4 nitrogen and oxygen atoms in total. The first-order chi connectivity index (χ1) is 10.1. The number of nitrogens with one attached hydrogen (secondary N) is 1. The second-order valence-electron chi connectivity index (χ2n) is 5.18. The average Bonchev–Trinajstić information content (AvgIpc) is 2.53. The zero-order valence-corrected chi connectivity index (χ0v) is 12.7. The number of aliphatic hydroxyl groups excluding tert-OH is 1. The zero-order valence-electron chi connectivity index (χ0n) is 12.7. The average molecular weight is 286 g/mol. The van der Waals surface area contributed by atoms with Crippen LogP contribution in [-0.4, -0.2) is 23.7 Å². The van der Waals surface area contributed by atoms with E-state index >= 15 is 0 Å². The van der Waals surface area contributed by atoms with E-state index in [-0.39, 0.29) is 6.04 Å². The molecule has 1 heterocycles. The third kappa shape index (κ3) is 4.03. The van der Waals surface area contributed by atoms with Crippen LogP contribution in [0.15, 0.2) is 42.7 Å². The van der Waals surface area contributed by atoms with E-state index in [0.29, 0.717) is 12.3 Å². The quantitative estimate of drug-likeness (QED) is 0.857. The third-order valence-corrected chi connectivity index (χ3v) is 3.55. The minimum Gasteiger partial charge on any atom is -0.496 e. The largest absolute Gasteiger partial charge is 0.496 e. The minimum atomic E-state index is -0.612. The fourth-order valence-corrected chi connectivity index (χ4v) is 2.26. The molecule has 0 saturated carbocycles. The van der Waals surface area contributed by atoms with Crippen LogP contribution >= 0.6 is 0 Å². The van der Waals surface area contributed by atoms with Crippen LogP contribution in [-0.2, 0) is 0 Å². The third-order valence-electron chi connectivity index (χ3n) is 3.55. The molecule has 112 valence electrons. The van der Waals surface area contributed by atoms with Crippen LogP contribution in [0.3, 0.4) is 0 Å². The van der Waals surface area contributed by atoms with Gasteiger partial charge in [-0.1, -0.05) is 17.7 Å². The molecule has 0 saturated heterocycles. The molecule has 2 aromatic rings. The van der Waals surface area contributed by atoms with Gasteiger partial charge in [0.15, 0.2) is 0 Å². The van der Waals surface area contributed by atoms with Crippen molar-refractivity contribution in [3.8, 4) is 5.75 Å². The highest BCUT2D eigenvalue weighted by molar-refractivity contribution is 5.38. The number of hydrogen-bond acceptors (Lipinski definition) is 4. The molecule has 4 heteroatoms. The predicted molar refractivity (Wildman–Crippen MR) is 83.3 cm³/mol. The molecule has 0 amide bonds. The summed E-state index contributed by atoms with van der Waals surface area (Å²) >= 11 is 0. The van der Waals surface area contributed by atoms with Crippen LogP contribution in [0.4, 0.5) is 0 Å². The van der Waals surface area contributed by atoms with Crippen LogP contribution in [0, 0.1) is 6.92 Å². The first kappa shape index (κ1) is 15.5. The van der Waals surface area contributed by atoms with E-state index in [1.54, 1.807) is 13.3 Å². The van der Waals surface area contributed by atoms with Crippen molar-refractivity contribution in [3.05, 3.63) is 59.4 Å². The van der Waals surface area contributed by atoms with Gasteiger partial charge in [-0.05, 0) is 37.6 Å². The van der Waals surface area contributed by atoms with E-state index in [9.17, 15) is 5.11 Å². The van der Waals surface area contributed by atoms with Gasteiger partial charge in [0, 0.05) is 30.5 Å². The summed E-state index contributed by atoms with van der Waals surface area (Å²) in [5.74, 6) is 0.712. The van der Waals surface area contributed by atoms with Gasteiger partial charge in [0.2, 0.25) is 0 Å². The summed E-state index contributed by atoms with van der Waals surface area (Å²) in [7, 11) is 1.62. The predicted octanol–water partition coefficient (Wildman–Crippen LogP) is 2.78. The van der Waals surface area contributed by atoms with Gasteiger partial charge in [0.25, 0.3) is 0 Å². The maximum Gasteiger partial charge on any atom is 0.124 e. The second kappa shape index (κ2) is 7.20. The van der Waals surface area contributed by atoms with Crippen molar-refractivity contribution >= 4 is 0 Å². The summed E-state index contributed by atoms with van der Waals surface area (Å²) in [6, 6.07) is 9.88. The number of rotatable bonds is 6. The monoisotopic (exact) mass is 286 g/mol. The van der Waals surface area contributed by atoms with E-state index in [4.69, 9.17) is 4.74 Å². The van der Waals surface area contributed by atoms with Crippen molar-refractivity contribution in [1.29, 1.82) is 0 Å². The summed E-state index contributed by atoms with van der Waals surface area (Å²) in [6.45, 7) is 4.51. The summed E-state index contributed by atoms with van der Waals surface area (Å²) in [5, 5.41) is 13.7. The smallest absolute Gasteiger partial charge is 0.124 e. The summed E-state index contributed by atoms with van der Waals surface area (Å²) in [4.78, 5) is 4.11. The molecule has 0 fully saturated rings. The molecule has 0 spiro atoms. The number of ether oxygens (including phenoxy) is 1. The Labute approximate surface area is 125 Å². The van der Waals surface area contributed by atoms with Crippen molar-refractivity contribution < 1.29 is 9.84 Å². The van der Waals surface area contributed by atoms with E-state index in [1.807, 2.05) is 43.5 Å². The molecule has 0 bridgehead atoms. The van der Waals surface area contributed by atoms with Gasteiger partial charge < -0.3 is 15.2 Å². The molecule has 0 aliphatic heterocycles. The Morgan fingerprint density at radius 1 is 1.33 bits per heavy atom. The number of nitrogens with zero attached hydrogens (tertiary/aromatic N) is 1. The van der Waals surface area contributed by atoms with Crippen molar-refractivity contribution in [2.45, 2.75) is 26.0 Å². The maximum atomic E-state index is 10.4.